The van der Waals surface area contributed by atoms with E-state index in [1.165, 1.54) is 18.5 Å². The van der Waals surface area contributed by atoms with Crippen LogP contribution in [0.25, 0.3) is 10.7 Å². The third kappa shape index (κ3) is 2.30. The van der Waals surface area contributed by atoms with Crippen molar-refractivity contribution in [3.05, 3.63) is 25.2 Å². The Hall–Kier alpha value is -0.210. The highest BCUT2D eigenvalue weighted by Gasteiger charge is 2.29. The summed E-state index contributed by atoms with van der Waals surface area (Å²) < 4.78 is 2.23. The smallest absolute Gasteiger partial charge is 0.173 e. The van der Waals surface area contributed by atoms with Crippen molar-refractivity contribution in [1.29, 1.82) is 0 Å². The van der Waals surface area contributed by atoms with Crippen LogP contribution in [-0.4, -0.2) is 17.0 Å². The normalized spacial score (nSPS) is 14.8. The largest absolute Gasteiger partial charge is 0.372 e. The molecule has 18 heavy (non-hydrogen) atoms. The number of nitrogens with zero attached hydrogens (tertiary/aromatic N) is 2. The molecule has 0 spiro atoms. The number of thiophene rings is 1. The lowest BCUT2D eigenvalue weighted by Gasteiger charge is -2.10. The van der Waals surface area contributed by atoms with Gasteiger partial charge in [0.15, 0.2) is 5.82 Å². The zero-order chi connectivity index (χ0) is 12.7. The lowest BCUT2D eigenvalue weighted by Crippen LogP contribution is -2.04. The van der Waals surface area contributed by atoms with Gasteiger partial charge in [-0.15, -0.1) is 11.3 Å². The van der Waals surface area contributed by atoms with Crippen LogP contribution in [0.3, 0.4) is 0 Å². The van der Waals surface area contributed by atoms with E-state index in [1.807, 2.05) is 13.1 Å². The van der Waals surface area contributed by atoms with E-state index in [4.69, 9.17) is 4.98 Å². The number of halogens is 2. The van der Waals surface area contributed by atoms with Crippen molar-refractivity contribution in [2.24, 2.45) is 0 Å². The van der Waals surface area contributed by atoms with E-state index in [-0.39, 0.29) is 0 Å². The fraction of sp³-hybridized carbons (Fsp3) is 0.333. The molecule has 2 aromatic rings. The highest BCUT2D eigenvalue weighted by molar-refractivity contribution is 14.1. The molecule has 2 aromatic heterocycles. The minimum atomic E-state index is 0.629. The molecule has 3 rings (SSSR count). The molecule has 0 bridgehead atoms. The summed E-state index contributed by atoms with van der Waals surface area (Å²) in [4.78, 5) is 10.5. The van der Waals surface area contributed by atoms with Crippen LogP contribution in [0.2, 0.25) is 0 Å². The van der Waals surface area contributed by atoms with E-state index in [0.29, 0.717) is 5.92 Å². The predicted molar refractivity (Wildman–Crippen MR) is 87.3 cm³/mol. The first-order valence-electron chi connectivity index (χ1n) is 5.69. The quantitative estimate of drug-likeness (QED) is 0.721. The third-order valence-corrected chi connectivity index (χ3v) is 5.80. The first-order valence-corrected chi connectivity index (χ1v) is 8.44. The molecule has 3 nitrogen and oxygen atoms in total. The van der Waals surface area contributed by atoms with Crippen LogP contribution < -0.4 is 5.32 Å². The van der Waals surface area contributed by atoms with Gasteiger partial charge in [-0.3, -0.25) is 0 Å². The molecule has 1 fully saturated rings. The average Bonchev–Trinajstić information content (AvgIpc) is 3.12. The summed E-state index contributed by atoms with van der Waals surface area (Å²) in [5.74, 6) is 2.39. The molecule has 0 radical (unpaired) electrons. The fourth-order valence-electron chi connectivity index (χ4n) is 1.81. The molecule has 0 aromatic carbocycles. The van der Waals surface area contributed by atoms with Gasteiger partial charge in [0.2, 0.25) is 0 Å². The third-order valence-electron chi connectivity index (χ3n) is 2.90. The molecule has 1 N–H and O–H groups in total. The second-order valence-electron chi connectivity index (χ2n) is 4.22. The maximum atomic E-state index is 4.77. The lowest BCUT2D eigenvalue weighted by atomic mass is 10.2. The molecule has 0 unspecified atom stereocenters. The zero-order valence-electron chi connectivity index (χ0n) is 9.70. The summed E-state index contributed by atoms with van der Waals surface area (Å²) in [5.41, 5.74) is 1.20. The molecule has 94 valence electrons. The van der Waals surface area contributed by atoms with Crippen molar-refractivity contribution in [3.63, 3.8) is 0 Å². The van der Waals surface area contributed by atoms with Crippen molar-refractivity contribution < 1.29 is 0 Å². The summed E-state index contributed by atoms with van der Waals surface area (Å²) in [5, 5.41) is 5.22. The molecule has 6 heteroatoms. The summed E-state index contributed by atoms with van der Waals surface area (Å²) in [7, 11) is 1.91. The molecule has 0 atom stereocenters. The number of anilines is 1. The predicted octanol–water partition coefficient (Wildman–Crippen LogP) is 4.49. The molecular weight excluding hydrogens is 425 g/mol. The minimum Gasteiger partial charge on any atom is -0.372 e. The van der Waals surface area contributed by atoms with Gasteiger partial charge in [0.05, 0.1) is 14.1 Å². The summed E-state index contributed by atoms with van der Waals surface area (Å²) in [6.45, 7) is 0. The lowest BCUT2D eigenvalue weighted by molar-refractivity contribution is 0.980. The van der Waals surface area contributed by atoms with Crippen molar-refractivity contribution in [3.8, 4) is 10.7 Å². The first-order chi connectivity index (χ1) is 8.70. The Labute approximate surface area is 132 Å². The summed E-state index contributed by atoms with van der Waals surface area (Å²) in [6.07, 6.45) is 2.50. The van der Waals surface area contributed by atoms with Gasteiger partial charge in [-0.05, 0) is 62.8 Å². The first kappa shape index (κ1) is 12.8. The van der Waals surface area contributed by atoms with E-state index in [9.17, 15) is 0 Å². The second kappa shape index (κ2) is 5.05. The van der Waals surface area contributed by atoms with Gasteiger partial charge in [0.1, 0.15) is 5.82 Å². The van der Waals surface area contributed by atoms with Crippen LogP contribution in [0, 0.1) is 3.57 Å². The standard InChI is InChI=1S/C12H11BrIN3S/c1-15-11-8(14)9(6-2-3-6)16-12(17-11)10-7(13)4-5-18-10/h4-6H,2-3H2,1H3,(H,15,16,17). The van der Waals surface area contributed by atoms with E-state index in [0.717, 1.165) is 24.6 Å². The van der Waals surface area contributed by atoms with Crippen molar-refractivity contribution in [2.75, 3.05) is 12.4 Å². The van der Waals surface area contributed by atoms with Crippen molar-refractivity contribution >= 4 is 55.7 Å². The molecule has 1 saturated carbocycles. The number of hydrogen-bond donors (Lipinski definition) is 1. The van der Waals surface area contributed by atoms with Crippen LogP contribution >= 0.6 is 49.9 Å². The highest BCUT2D eigenvalue weighted by Crippen LogP contribution is 2.43. The van der Waals surface area contributed by atoms with Gasteiger partial charge in [-0.1, -0.05) is 0 Å². The van der Waals surface area contributed by atoms with Gasteiger partial charge in [0.25, 0.3) is 0 Å². The Kier molecular flexibility index (Phi) is 3.59. The van der Waals surface area contributed by atoms with Crippen molar-refractivity contribution in [1.82, 2.24) is 9.97 Å². The topological polar surface area (TPSA) is 37.8 Å². The SMILES string of the molecule is CNc1nc(-c2sccc2Br)nc(C2CC2)c1I. The van der Waals surface area contributed by atoms with Gasteiger partial charge in [-0.25, -0.2) is 9.97 Å². The van der Waals surface area contributed by atoms with Gasteiger partial charge >= 0.3 is 0 Å². The minimum absolute atomic E-state index is 0.629. The van der Waals surface area contributed by atoms with Gasteiger partial charge < -0.3 is 5.32 Å². The summed E-state index contributed by atoms with van der Waals surface area (Å²) >= 11 is 7.56. The number of nitrogens with one attached hydrogen (secondary N) is 1. The highest BCUT2D eigenvalue weighted by atomic mass is 127. The second-order valence-corrected chi connectivity index (χ2v) is 7.07. The number of aromatic nitrogens is 2. The van der Waals surface area contributed by atoms with E-state index in [2.05, 4.69) is 54.2 Å². The van der Waals surface area contributed by atoms with Crippen LogP contribution in [0.1, 0.15) is 24.5 Å². The van der Waals surface area contributed by atoms with E-state index < -0.39 is 0 Å². The van der Waals surface area contributed by atoms with Crippen LogP contribution in [0.5, 0.6) is 0 Å². The zero-order valence-corrected chi connectivity index (χ0v) is 14.3. The Morgan fingerprint density at radius 2 is 2.22 bits per heavy atom. The number of rotatable bonds is 3. The Balaban J connectivity index is 2.15. The maximum absolute atomic E-state index is 4.77. The average molecular weight is 436 g/mol. The Bertz CT molecular complexity index is 595. The van der Waals surface area contributed by atoms with Crippen LogP contribution in [0.4, 0.5) is 5.82 Å². The van der Waals surface area contributed by atoms with Crippen LogP contribution in [-0.2, 0) is 0 Å². The van der Waals surface area contributed by atoms with Crippen molar-refractivity contribution in [2.45, 2.75) is 18.8 Å². The molecule has 0 aliphatic heterocycles. The molecule has 2 heterocycles. The molecule has 1 aliphatic carbocycles. The summed E-state index contributed by atoms with van der Waals surface area (Å²) in [6, 6.07) is 2.04. The molecule has 0 amide bonds. The molecular formula is C12H11BrIN3S. The van der Waals surface area contributed by atoms with E-state index >= 15 is 0 Å². The number of hydrogen-bond acceptors (Lipinski definition) is 4. The van der Waals surface area contributed by atoms with E-state index in [1.54, 1.807) is 11.3 Å². The Morgan fingerprint density at radius 3 is 2.78 bits per heavy atom. The van der Waals surface area contributed by atoms with Gasteiger partial charge in [0, 0.05) is 17.4 Å². The fourth-order valence-corrected chi connectivity index (χ4v) is 4.25. The van der Waals surface area contributed by atoms with Gasteiger partial charge in [-0.2, -0.15) is 0 Å². The molecule has 0 saturated heterocycles. The van der Waals surface area contributed by atoms with Crippen LogP contribution in [0.15, 0.2) is 15.9 Å². The Morgan fingerprint density at radius 1 is 1.44 bits per heavy atom. The molecule has 1 aliphatic rings. The monoisotopic (exact) mass is 435 g/mol. The maximum Gasteiger partial charge on any atom is 0.173 e.